The van der Waals surface area contributed by atoms with Crippen LogP contribution >= 0.6 is 23.2 Å². The second-order valence-electron chi connectivity index (χ2n) is 9.93. The van der Waals surface area contributed by atoms with Crippen molar-refractivity contribution in [3.63, 3.8) is 0 Å². The van der Waals surface area contributed by atoms with Crippen molar-refractivity contribution in [1.29, 1.82) is 0 Å². The Morgan fingerprint density at radius 3 is 2.50 bits per heavy atom. The molecule has 216 valence electrons. The van der Waals surface area contributed by atoms with Gasteiger partial charge in [0.15, 0.2) is 0 Å². The van der Waals surface area contributed by atoms with Crippen molar-refractivity contribution in [2.24, 2.45) is 4.99 Å². The average molecular weight is 604 g/mol. The number of methoxy groups -OCH3 is 2. The second-order valence-corrected chi connectivity index (χ2v) is 10.8. The highest BCUT2D eigenvalue weighted by Crippen LogP contribution is 2.33. The lowest BCUT2D eigenvalue weighted by atomic mass is 10.0. The first-order chi connectivity index (χ1) is 20.5. The van der Waals surface area contributed by atoms with E-state index in [1.807, 2.05) is 72.8 Å². The molecule has 4 aromatic rings. The zero-order chi connectivity index (χ0) is 29.5. The minimum absolute atomic E-state index is 0.131. The van der Waals surface area contributed by atoms with Gasteiger partial charge in [0, 0.05) is 54.1 Å². The topological polar surface area (TPSA) is 76.0 Å². The molecule has 5 rings (SSSR count). The maximum absolute atomic E-state index is 14.3. The smallest absolute Gasteiger partial charge is 0.252 e. The number of benzene rings is 3. The van der Waals surface area contributed by atoms with E-state index in [0.29, 0.717) is 35.3 Å². The maximum Gasteiger partial charge on any atom is 0.252 e. The van der Waals surface area contributed by atoms with Crippen molar-refractivity contribution >= 4 is 46.3 Å². The molecule has 1 N–H and O–H groups in total. The highest BCUT2D eigenvalue weighted by molar-refractivity contribution is 6.32. The van der Waals surface area contributed by atoms with Gasteiger partial charge in [-0.15, -0.1) is 0 Å². The van der Waals surface area contributed by atoms with Crippen LogP contribution in [0.3, 0.4) is 0 Å². The van der Waals surface area contributed by atoms with Gasteiger partial charge in [-0.05, 0) is 66.1 Å². The summed E-state index contributed by atoms with van der Waals surface area (Å²) in [6.07, 6.45) is 2.99. The summed E-state index contributed by atoms with van der Waals surface area (Å²) in [6, 6.07) is 23.9. The van der Waals surface area contributed by atoms with Crippen molar-refractivity contribution in [1.82, 2.24) is 4.98 Å². The molecule has 0 aliphatic carbocycles. The van der Waals surface area contributed by atoms with Crippen LogP contribution in [0.1, 0.15) is 28.7 Å². The van der Waals surface area contributed by atoms with E-state index in [9.17, 15) is 4.79 Å². The van der Waals surface area contributed by atoms with E-state index in [4.69, 9.17) is 37.7 Å². The summed E-state index contributed by atoms with van der Waals surface area (Å²) in [7, 11) is 3.32. The van der Waals surface area contributed by atoms with Crippen LogP contribution in [0.15, 0.2) is 90.1 Å². The van der Waals surface area contributed by atoms with E-state index in [1.165, 1.54) is 0 Å². The Balaban J connectivity index is 1.57. The quantitative estimate of drug-likeness (QED) is 0.190. The average Bonchev–Trinajstić information content (AvgIpc) is 3.11. The third-order valence-electron chi connectivity index (χ3n) is 7.08. The fraction of sp³-hybridized carbons (Fsp3) is 0.242. The lowest BCUT2D eigenvalue weighted by molar-refractivity contribution is -0.119. The molecule has 0 fully saturated rings. The predicted molar refractivity (Wildman–Crippen MR) is 169 cm³/mol. The van der Waals surface area contributed by atoms with Crippen molar-refractivity contribution in [2.75, 3.05) is 37.6 Å². The number of rotatable bonds is 11. The first-order valence-electron chi connectivity index (χ1n) is 13.7. The van der Waals surface area contributed by atoms with Crippen LogP contribution in [-0.2, 0) is 22.5 Å². The number of hydrogen-bond acceptors (Lipinski definition) is 6. The number of carbonyl (C=O) groups is 1. The number of aromatic nitrogens is 1. The summed E-state index contributed by atoms with van der Waals surface area (Å²) in [4.78, 5) is 25.8. The minimum Gasteiger partial charge on any atom is -0.497 e. The van der Waals surface area contributed by atoms with Gasteiger partial charge in [0.1, 0.15) is 17.6 Å². The molecular weight excluding hydrogens is 571 g/mol. The minimum atomic E-state index is -0.726. The number of nitrogens with zero attached hydrogens (tertiary/aromatic N) is 3. The Hall–Kier alpha value is -3.91. The van der Waals surface area contributed by atoms with Gasteiger partial charge in [-0.3, -0.25) is 9.79 Å². The normalized spacial score (nSPS) is 14.7. The molecule has 3 aromatic carbocycles. The highest BCUT2D eigenvalue weighted by atomic mass is 35.5. The molecule has 1 unspecified atom stereocenters. The van der Waals surface area contributed by atoms with E-state index in [-0.39, 0.29) is 5.91 Å². The lowest BCUT2D eigenvalue weighted by Gasteiger charge is -2.26. The van der Waals surface area contributed by atoms with Gasteiger partial charge >= 0.3 is 0 Å². The Bertz CT molecular complexity index is 1560. The van der Waals surface area contributed by atoms with Gasteiger partial charge in [0.05, 0.1) is 25.1 Å². The number of fused-ring (bicyclic) bond motifs is 1. The van der Waals surface area contributed by atoms with Gasteiger partial charge in [0.25, 0.3) is 5.91 Å². The summed E-state index contributed by atoms with van der Waals surface area (Å²) >= 11 is 13.1. The highest BCUT2D eigenvalue weighted by Gasteiger charge is 2.33. The number of nitrogens with one attached hydrogen (secondary N) is 1. The van der Waals surface area contributed by atoms with Gasteiger partial charge in [-0.25, -0.2) is 4.98 Å². The summed E-state index contributed by atoms with van der Waals surface area (Å²) in [5.41, 5.74) is 4.71. The molecule has 1 aromatic heterocycles. The Morgan fingerprint density at radius 2 is 1.79 bits per heavy atom. The summed E-state index contributed by atoms with van der Waals surface area (Å²) in [6.45, 7) is 1.77. The number of halogens is 2. The molecule has 0 radical (unpaired) electrons. The van der Waals surface area contributed by atoms with Crippen molar-refractivity contribution in [3.8, 4) is 5.75 Å². The Morgan fingerprint density at radius 1 is 0.976 bits per heavy atom. The molecule has 7 nitrogen and oxygen atoms in total. The van der Waals surface area contributed by atoms with E-state index in [2.05, 4.69) is 10.3 Å². The van der Waals surface area contributed by atoms with Crippen LogP contribution < -0.4 is 15.0 Å². The number of hydrogen-bond donors (Lipinski definition) is 1. The van der Waals surface area contributed by atoms with Crippen molar-refractivity contribution < 1.29 is 14.3 Å². The SMILES string of the molecule is COCCCNc1ccc(C2=NC(Cc3ccccc3Cl)C(=O)N(Cc3ccc(OC)cc3)c3ccc(Cl)cc32)cn1. The summed E-state index contributed by atoms with van der Waals surface area (Å²) in [5, 5.41) is 4.45. The zero-order valence-corrected chi connectivity index (χ0v) is 25.0. The first-order valence-corrected chi connectivity index (χ1v) is 14.5. The van der Waals surface area contributed by atoms with Crippen LogP contribution in [0.5, 0.6) is 5.75 Å². The van der Waals surface area contributed by atoms with E-state index in [0.717, 1.165) is 52.5 Å². The third kappa shape index (κ3) is 6.93. The molecule has 0 saturated carbocycles. The van der Waals surface area contributed by atoms with Crippen LogP contribution in [0.4, 0.5) is 11.5 Å². The predicted octanol–water partition coefficient (Wildman–Crippen LogP) is 6.84. The lowest BCUT2D eigenvalue weighted by Crippen LogP contribution is -2.38. The number of amides is 1. The number of carbonyl (C=O) groups excluding carboxylic acids is 1. The van der Waals surface area contributed by atoms with Crippen molar-refractivity contribution in [3.05, 3.63) is 117 Å². The molecule has 1 atom stereocenters. The van der Waals surface area contributed by atoms with Crippen LogP contribution in [0.2, 0.25) is 10.0 Å². The second kappa shape index (κ2) is 13.8. The number of pyridine rings is 1. The molecule has 2 heterocycles. The molecule has 0 saturated heterocycles. The standard InChI is InChI=1S/C33H32Cl2N4O3/c1-41-17-5-16-36-31-15-10-24(20-37-31)32-27-19-25(34)11-14-30(27)39(21-22-8-12-26(42-2)13-9-22)33(40)29(38-32)18-23-6-3-4-7-28(23)35/h3-4,6-15,19-20,29H,5,16-18,21H2,1-2H3,(H,36,37). The van der Waals surface area contributed by atoms with Gasteiger partial charge in [-0.2, -0.15) is 0 Å². The molecule has 1 aliphatic rings. The summed E-state index contributed by atoms with van der Waals surface area (Å²) in [5.74, 6) is 1.37. The van der Waals surface area contributed by atoms with Gasteiger partial charge in [-0.1, -0.05) is 53.5 Å². The Labute approximate surface area is 256 Å². The number of aliphatic imine (C=N–C) groups is 1. The van der Waals surface area contributed by atoms with Crippen LogP contribution in [0, 0.1) is 0 Å². The number of benzodiazepines with no additional fused rings is 1. The first kappa shape index (κ1) is 29.6. The van der Waals surface area contributed by atoms with Crippen LogP contribution in [-0.4, -0.2) is 50.0 Å². The largest absolute Gasteiger partial charge is 0.497 e. The zero-order valence-electron chi connectivity index (χ0n) is 23.5. The molecule has 9 heteroatoms. The van der Waals surface area contributed by atoms with E-state index in [1.54, 1.807) is 31.4 Å². The fourth-order valence-corrected chi connectivity index (χ4v) is 5.28. The molecule has 1 amide bonds. The molecule has 0 bridgehead atoms. The van der Waals surface area contributed by atoms with Crippen molar-refractivity contribution in [2.45, 2.75) is 25.4 Å². The monoisotopic (exact) mass is 602 g/mol. The third-order valence-corrected chi connectivity index (χ3v) is 7.68. The molecule has 1 aliphatic heterocycles. The van der Waals surface area contributed by atoms with E-state index >= 15 is 0 Å². The Kier molecular flexibility index (Phi) is 9.74. The van der Waals surface area contributed by atoms with E-state index < -0.39 is 6.04 Å². The van der Waals surface area contributed by atoms with Gasteiger partial charge < -0.3 is 19.7 Å². The number of ether oxygens (including phenoxy) is 2. The molecule has 0 spiro atoms. The fourth-order valence-electron chi connectivity index (χ4n) is 4.90. The number of anilines is 2. The van der Waals surface area contributed by atoms with Gasteiger partial charge in [0.2, 0.25) is 0 Å². The maximum atomic E-state index is 14.3. The molecule has 42 heavy (non-hydrogen) atoms. The molecular formula is C33H32Cl2N4O3. The summed E-state index contributed by atoms with van der Waals surface area (Å²) < 4.78 is 10.5. The van der Waals surface area contributed by atoms with Crippen LogP contribution in [0.25, 0.3) is 0 Å².